The molecule has 8 aliphatic rings. The van der Waals surface area contributed by atoms with E-state index in [0.717, 1.165) is 44.1 Å². The van der Waals surface area contributed by atoms with Crippen molar-refractivity contribution in [2.45, 2.75) is 93.4 Å². The second-order valence-electron chi connectivity index (χ2n) is 17.1. The number of hydrogen-bond donors (Lipinski definition) is 0. The Morgan fingerprint density at radius 1 is 0.667 bits per heavy atom. The van der Waals surface area contributed by atoms with Crippen LogP contribution >= 0.6 is 0 Å². The van der Waals surface area contributed by atoms with Gasteiger partial charge in [-0.2, -0.15) is 21.6 Å². The fourth-order valence-corrected chi connectivity index (χ4v) is 13.5. The lowest BCUT2D eigenvalue weighted by Crippen LogP contribution is -2.62. The summed E-state index contributed by atoms with van der Waals surface area (Å²) in [6, 6.07) is 20.1. The third kappa shape index (κ3) is 6.00. The van der Waals surface area contributed by atoms with Crippen molar-refractivity contribution in [3.8, 4) is 0 Å². The average Bonchev–Trinajstić information content (AvgIpc) is 3.09. The highest BCUT2D eigenvalue weighted by Gasteiger charge is 2.68. The quantitative estimate of drug-likeness (QED) is 0.118. The van der Waals surface area contributed by atoms with E-state index in [1.54, 1.807) is 0 Å². The zero-order valence-electron chi connectivity index (χ0n) is 29.1. The van der Waals surface area contributed by atoms with E-state index in [0.29, 0.717) is 38.0 Å². The lowest BCUT2D eigenvalue weighted by Gasteiger charge is -2.65. The molecule has 12 heteroatoms. The number of ether oxygens (including phenoxy) is 2. The van der Waals surface area contributed by atoms with Crippen LogP contribution in [0.25, 0.3) is 0 Å². The van der Waals surface area contributed by atoms with Crippen LogP contribution in [0.4, 0.5) is 17.6 Å². The summed E-state index contributed by atoms with van der Waals surface area (Å²) in [6.45, 7) is -0.879. The molecule has 0 saturated heterocycles. The number of alkyl halides is 4. The Balaban J connectivity index is 0.000000165. The van der Waals surface area contributed by atoms with Gasteiger partial charge in [-0.3, -0.25) is 18.2 Å². The van der Waals surface area contributed by atoms with E-state index in [1.807, 2.05) is 36.4 Å². The van der Waals surface area contributed by atoms with Crippen molar-refractivity contribution >= 4 is 22.1 Å². The summed E-state index contributed by atoms with van der Waals surface area (Å²) in [5, 5.41) is 0. The first-order valence-electron chi connectivity index (χ1n) is 17.8. The molecule has 0 N–H and O–H groups in total. The first-order chi connectivity index (χ1) is 24.0. The maximum Gasteiger partial charge on any atom is 0.523 e. The number of halogens is 4. The van der Waals surface area contributed by atoms with Crippen molar-refractivity contribution < 1.29 is 49.2 Å². The van der Waals surface area contributed by atoms with E-state index >= 15 is 0 Å². The molecule has 0 aliphatic heterocycles. The Labute approximate surface area is 296 Å². The normalized spacial score (nSPS) is 38.9. The van der Waals surface area contributed by atoms with Gasteiger partial charge in [0.25, 0.3) is 0 Å². The molecule has 0 heterocycles. The van der Waals surface area contributed by atoms with Crippen LogP contribution in [-0.4, -0.2) is 53.4 Å². The average molecular weight is 735 g/mol. The predicted octanol–water partition coefficient (Wildman–Crippen LogP) is 7.97. The molecule has 7 nitrogen and oxygen atoms in total. The highest BCUT2D eigenvalue weighted by molar-refractivity contribution is 7.87. The molecule has 0 radical (unpaired) electrons. The summed E-state index contributed by atoms with van der Waals surface area (Å²) >= 11 is 0. The van der Waals surface area contributed by atoms with E-state index in [-0.39, 0.29) is 41.8 Å². The highest BCUT2D eigenvalue weighted by Crippen LogP contribution is 2.72. The molecule has 2 aromatic carbocycles. The van der Waals surface area contributed by atoms with Gasteiger partial charge >= 0.3 is 27.6 Å². The third-order valence-electron chi connectivity index (χ3n) is 13.5. The topological polar surface area (TPSA) is 96.0 Å². The maximum absolute atomic E-state index is 14.0. The number of esters is 2. The van der Waals surface area contributed by atoms with E-state index in [4.69, 9.17) is 9.47 Å². The van der Waals surface area contributed by atoms with Crippen LogP contribution in [-0.2, 0) is 44.2 Å². The van der Waals surface area contributed by atoms with Crippen LogP contribution in [0.3, 0.4) is 0 Å². The molecule has 8 saturated carbocycles. The fourth-order valence-electron chi connectivity index (χ4n) is 13.0. The molecule has 0 aromatic heterocycles. The number of benzene rings is 2. The van der Waals surface area contributed by atoms with Crippen molar-refractivity contribution in [1.29, 1.82) is 0 Å². The van der Waals surface area contributed by atoms with Gasteiger partial charge in [0, 0.05) is 5.41 Å². The monoisotopic (exact) mass is 734 g/mol. The SMILES string of the molecule is COC(=O)C12CC3CC(CF)(C1)CC(c1ccccc1)(C3)C2.COC(=O)C12CC3CC(COS(=O)(=O)C(F)(F)F)(C1)CC(c1ccccc1)(C3)C2. The molecule has 8 fully saturated rings. The van der Waals surface area contributed by atoms with Crippen molar-refractivity contribution in [3.05, 3.63) is 71.8 Å². The largest absolute Gasteiger partial charge is 0.523 e. The van der Waals surface area contributed by atoms with Crippen molar-refractivity contribution in [2.24, 2.45) is 33.5 Å². The van der Waals surface area contributed by atoms with Crippen LogP contribution in [0.5, 0.6) is 0 Å². The van der Waals surface area contributed by atoms with Crippen LogP contribution in [0.2, 0.25) is 0 Å². The molecule has 51 heavy (non-hydrogen) atoms. The van der Waals surface area contributed by atoms with Gasteiger partial charge in [-0.15, -0.1) is 0 Å². The molecular formula is C39H46F4O7S. The number of rotatable bonds is 8. The van der Waals surface area contributed by atoms with Crippen LogP contribution in [0.15, 0.2) is 60.7 Å². The summed E-state index contributed by atoms with van der Waals surface area (Å²) in [6.07, 6.45) is 8.63. The second kappa shape index (κ2) is 12.3. The Kier molecular flexibility index (Phi) is 8.76. The smallest absolute Gasteiger partial charge is 0.469 e. The molecule has 8 aliphatic carbocycles. The molecule has 0 amide bonds. The zero-order chi connectivity index (χ0) is 36.6. The Morgan fingerprint density at radius 3 is 1.53 bits per heavy atom. The summed E-state index contributed by atoms with van der Waals surface area (Å²) in [5.41, 5.74) is -6.02. The van der Waals surface area contributed by atoms with Crippen molar-refractivity contribution in [1.82, 2.24) is 0 Å². The molecule has 8 bridgehead atoms. The third-order valence-corrected chi connectivity index (χ3v) is 14.5. The van der Waals surface area contributed by atoms with Crippen molar-refractivity contribution in [2.75, 3.05) is 27.5 Å². The summed E-state index contributed by atoms with van der Waals surface area (Å²) < 4.78 is 90.2. The number of methoxy groups -OCH3 is 2. The van der Waals surface area contributed by atoms with Gasteiger partial charge in [-0.25, -0.2) is 0 Å². The van der Waals surface area contributed by atoms with Crippen LogP contribution < -0.4 is 0 Å². The lowest BCUT2D eigenvalue weighted by molar-refractivity contribution is -0.186. The zero-order valence-corrected chi connectivity index (χ0v) is 29.9. The first kappa shape index (κ1) is 36.4. The van der Waals surface area contributed by atoms with Gasteiger partial charge in [0.1, 0.15) is 0 Å². The van der Waals surface area contributed by atoms with Crippen LogP contribution in [0, 0.1) is 33.5 Å². The number of carbonyl (C=O) groups is 2. The molecule has 10 rings (SSSR count). The number of carbonyl (C=O) groups excluding carboxylic acids is 2. The van der Waals surface area contributed by atoms with Gasteiger partial charge in [0.15, 0.2) is 0 Å². The molecule has 278 valence electrons. The molecule has 8 unspecified atom stereocenters. The minimum Gasteiger partial charge on any atom is -0.469 e. The Morgan fingerprint density at radius 2 is 1.10 bits per heavy atom. The van der Waals surface area contributed by atoms with E-state index in [2.05, 4.69) is 28.4 Å². The van der Waals surface area contributed by atoms with Gasteiger partial charge in [-0.05, 0) is 116 Å². The van der Waals surface area contributed by atoms with Crippen molar-refractivity contribution in [3.63, 3.8) is 0 Å². The first-order valence-corrected chi connectivity index (χ1v) is 19.2. The summed E-state index contributed by atoms with van der Waals surface area (Å²) in [5.74, 6) is 0.0637. The Hall–Kier alpha value is -2.99. The highest BCUT2D eigenvalue weighted by atomic mass is 32.2. The van der Waals surface area contributed by atoms with Crippen LogP contribution in [0.1, 0.15) is 88.2 Å². The molecule has 8 atom stereocenters. The summed E-state index contributed by atoms with van der Waals surface area (Å²) in [7, 11) is -2.90. The minimum absolute atomic E-state index is 0.0407. The fraction of sp³-hybridized carbons (Fsp3) is 0.641. The number of hydrogen-bond acceptors (Lipinski definition) is 7. The maximum atomic E-state index is 14.0. The lowest BCUT2D eigenvalue weighted by atomic mass is 9.38. The summed E-state index contributed by atoms with van der Waals surface area (Å²) in [4.78, 5) is 25.3. The Bertz CT molecular complexity index is 1770. The molecule has 2 aromatic rings. The second-order valence-corrected chi connectivity index (χ2v) is 18.8. The van der Waals surface area contributed by atoms with E-state index < -0.39 is 43.9 Å². The van der Waals surface area contributed by atoms with E-state index in [9.17, 15) is 35.6 Å². The van der Waals surface area contributed by atoms with E-state index in [1.165, 1.54) is 19.8 Å². The standard InChI is InChI=1S/C20H23F3O5S.C19H23FO2/c1-27-16(24)19-9-14-7-17(11-19,13-28-29(25,26)20(21,22)23)10-18(8-14,12-19)15-5-3-2-4-6-15;1-22-16(21)19-9-14-7-17(11-19,13-20)10-18(8-14,12-19)15-5-3-2-4-6-15/h2-6,14H,7-13H2,1H3;2-6,14H,7-13H2,1H3. The molecule has 0 spiro atoms. The predicted molar refractivity (Wildman–Crippen MR) is 179 cm³/mol. The van der Waals surface area contributed by atoms with Gasteiger partial charge in [0.2, 0.25) is 0 Å². The molecular weight excluding hydrogens is 688 g/mol. The van der Waals surface area contributed by atoms with Gasteiger partial charge in [0.05, 0.1) is 38.3 Å². The minimum atomic E-state index is -5.69. The van der Waals surface area contributed by atoms with Gasteiger partial charge < -0.3 is 9.47 Å². The van der Waals surface area contributed by atoms with Gasteiger partial charge in [-0.1, -0.05) is 60.7 Å².